The van der Waals surface area contributed by atoms with Crippen LogP contribution in [0.3, 0.4) is 0 Å². The molecular formula is C15H27N3. The first-order valence-electron chi connectivity index (χ1n) is 6.76. The highest BCUT2D eigenvalue weighted by molar-refractivity contribution is 5.47. The zero-order chi connectivity index (χ0) is 13.9. The van der Waals surface area contributed by atoms with E-state index in [1.165, 1.54) is 11.1 Å². The van der Waals surface area contributed by atoms with E-state index in [2.05, 4.69) is 50.7 Å². The van der Waals surface area contributed by atoms with Crippen molar-refractivity contribution in [1.29, 1.82) is 0 Å². The van der Waals surface area contributed by atoms with E-state index in [-0.39, 0.29) is 6.04 Å². The van der Waals surface area contributed by atoms with E-state index in [0.717, 1.165) is 12.2 Å². The Balaban J connectivity index is 2.91. The van der Waals surface area contributed by atoms with Gasteiger partial charge in [0.05, 0.1) is 0 Å². The van der Waals surface area contributed by atoms with Crippen molar-refractivity contribution in [1.82, 2.24) is 4.98 Å². The quantitative estimate of drug-likeness (QED) is 0.872. The summed E-state index contributed by atoms with van der Waals surface area (Å²) in [6.45, 7) is 10.9. The Morgan fingerprint density at radius 1 is 1.28 bits per heavy atom. The van der Waals surface area contributed by atoms with Crippen LogP contribution in [0.25, 0.3) is 0 Å². The van der Waals surface area contributed by atoms with Crippen LogP contribution in [0, 0.1) is 12.8 Å². The monoisotopic (exact) mass is 249 g/mol. The average Bonchev–Trinajstić information content (AvgIpc) is 2.26. The second-order valence-electron chi connectivity index (χ2n) is 5.76. The summed E-state index contributed by atoms with van der Waals surface area (Å²) in [6, 6.07) is 2.87. The summed E-state index contributed by atoms with van der Waals surface area (Å²) >= 11 is 0. The molecule has 0 saturated carbocycles. The van der Waals surface area contributed by atoms with Crippen LogP contribution in [0.15, 0.2) is 12.3 Å². The van der Waals surface area contributed by atoms with Gasteiger partial charge >= 0.3 is 0 Å². The van der Waals surface area contributed by atoms with Crippen LogP contribution in [0.4, 0.5) is 5.82 Å². The molecule has 3 heteroatoms. The maximum Gasteiger partial charge on any atom is 0.131 e. The SMILES string of the molecule is Cc1cc(CC(C)N)cnc1N(C)C(C)C(C)C. The third-order valence-electron chi connectivity index (χ3n) is 3.57. The van der Waals surface area contributed by atoms with Gasteiger partial charge in [-0.15, -0.1) is 0 Å². The molecule has 2 unspecified atom stereocenters. The van der Waals surface area contributed by atoms with Gasteiger partial charge in [0.15, 0.2) is 0 Å². The lowest BCUT2D eigenvalue weighted by atomic mass is 10.0. The molecule has 0 spiro atoms. The minimum absolute atomic E-state index is 0.185. The van der Waals surface area contributed by atoms with Gasteiger partial charge in [-0.3, -0.25) is 0 Å². The van der Waals surface area contributed by atoms with Crippen molar-refractivity contribution in [3.05, 3.63) is 23.4 Å². The second-order valence-corrected chi connectivity index (χ2v) is 5.76. The Labute approximate surface area is 111 Å². The Kier molecular flexibility index (Phi) is 5.15. The molecule has 1 aromatic rings. The third kappa shape index (κ3) is 3.70. The van der Waals surface area contributed by atoms with Crippen LogP contribution in [-0.4, -0.2) is 24.1 Å². The van der Waals surface area contributed by atoms with Crippen molar-refractivity contribution in [2.24, 2.45) is 11.7 Å². The molecule has 0 aromatic carbocycles. The molecular weight excluding hydrogens is 222 g/mol. The fraction of sp³-hybridized carbons (Fsp3) is 0.667. The fourth-order valence-electron chi connectivity index (χ4n) is 2.12. The van der Waals surface area contributed by atoms with E-state index in [0.29, 0.717) is 12.0 Å². The first-order valence-corrected chi connectivity index (χ1v) is 6.76. The molecule has 0 fully saturated rings. The Bertz CT molecular complexity index is 385. The number of rotatable bonds is 5. The minimum Gasteiger partial charge on any atom is -0.357 e. The molecule has 0 aliphatic rings. The van der Waals surface area contributed by atoms with Gasteiger partial charge < -0.3 is 10.6 Å². The summed E-state index contributed by atoms with van der Waals surface area (Å²) in [4.78, 5) is 6.86. The molecule has 0 saturated heterocycles. The predicted octanol–water partition coefficient (Wildman–Crippen LogP) is 2.76. The highest BCUT2D eigenvalue weighted by Gasteiger charge is 2.16. The molecule has 0 bridgehead atoms. The highest BCUT2D eigenvalue weighted by atomic mass is 15.2. The van der Waals surface area contributed by atoms with Crippen molar-refractivity contribution in [2.75, 3.05) is 11.9 Å². The van der Waals surface area contributed by atoms with Crippen molar-refractivity contribution in [3.63, 3.8) is 0 Å². The lowest BCUT2D eigenvalue weighted by Gasteiger charge is -2.30. The van der Waals surface area contributed by atoms with Gasteiger partial charge in [-0.2, -0.15) is 0 Å². The van der Waals surface area contributed by atoms with Gasteiger partial charge in [-0.1, -0.05) is 19.9 Å². The predicted molar refractivity (Wildman–Crippen MR) is 79.0 cm³/mol. The van der Waals surface area contributed by atoms with Crippen molar-refractivity contribution >= 4 is 5.82 Å². The first-order chi connectivity index (χ1) is 8.32. The van der Waals surface area contributed by atoms with Crippen molar-refractivity contribution < 1.29 is 0 Å². The molecule has 18 heavy (non-hydrogen) atoms. The number of aromatic nitrogens is 1. The number of hydrogen-bond acceptors (Lipinski definition) is 3. The van der Waals surface area contributed by atoms with Gasteiger partial charge in [0.1, 0.15) is 5.82 Å². The molecule has 2 N–H and O–H groups in total. The summed E-state index contributed by atoms with van der Waals surface area (Å²) in [5.41, 5.74) is 8.27. The summed E-state index contributed by atoms with van der Waals surface area (Å²) in [5, 5.41) is 0. The van der Waals surface area contributed by atoms with Gasteiger partial charge in [0.2, 0.25) is 0 Å². The van der Waals surface area contributed by atoms with Crippen LogP contribution in [-0.2, 0) is 6.42 Å². The van der Waals surface area contributed by atoms with E-state index in [4.69, 9.17) is 5.73 Å². The molecule has 0 aliphatic carbocycles. The number of hydrogen-bond donors (Lipinski definition) is 1. The van der Waals surface area contributed by atoms with Crippen LogP contribution in [0.1, 0.15) is 38.8 Å². The minimum atomic E-state index is 0.185. The normalized spacial score (nSPS) is 14.7. The van der Waals surface area contributed by atoms with E-state index in [1.54, 1.807) is 0 Å². The topological polar surface area (TPSA) is 42.1 Å². The summed E-state index contributed by atoms with van der Waals surface area (Å²) in [6.07, 6.45) is 2.84. The highest BCUT2D eigenvalue weighted by Crippen LogP contribution is 2.21. The van der Waals surface area contributed by atoms with E-state index >= 15 is 0 Å². The maximum atomic E-state index is 5.82. The summed E-state index contributed by atoms with van der Waals surface area (Å²) in [7, 11) is 2.12. The van der Waals surface area contributed by atoms with Gasteiger partial charge in [-0.25, -0.2) is 4.98 Å². The molecule has 0 radical (unpaired) electrons. The van der Waals surface area contributed by atoms with E-state index < -0.39 is 0 Å². The molecule has 102 valence electrons. The lowest BCUT2D eigenvalue weighted by molar-refractivity contribution is 0.502. The lowest BCUT2D eigenvalue weighted by Crippen LogP contribution is -2.34. The molecule has 0 aliphatic heterocycles. The molecule has 3 nitrogen and oxygen atoms in total. The van der Waals surface area contributed by atoms with Crippen molar-refractivity contribution in [2.45, 2.75) is 53.1 Å². The van der Waals surface area contributed by atoms with E-state index in [1.807, 2.05) is 13.1 Å². The van der Waals surface area contributed by atoms with Crippen LogP contribution in [0.2, 0.25) is 0 Å². The fourth-order valence-corrected chi connectivity index (χ4v) is 2.12. The van der Waals surface area contributed by atoms with Crippen LogP contribution in [0.5, 0.6) is 0 Å². The molecule has 0 amide bonds. The third-order valence-corrected chi connectivity index (χ3v) is 3.57. The Hall–Kier alpha value is -1.09. The zero-order valence-electron chi connectivity index (χ0n) is 12.6. The van der Waals surface area contributed by atoms with Crippen molar-refractivity contribution in [3.8, 4) is 0 Å². The second kappa shape index (κ2) is 6.19. The average molecular weight is 249 g/mol. The number of anilines is 1. The van der Waals surface area contributed by atoms with Crippen LogP contribution >= 0.6 is 0 Å². The molecule has 1 rings (SSSR count). The summed E-state index contributed by atoms with van der Waals surface area (Å²) < 4.78 is 0. The maximum absolute atomic E-state index is 5.82. The standard InChI is InChI=1S/C15H27N3/c1-10(2)13(5)18(6)15-11(3)7-14(9-17-15)8-12(4)16/h7,9-10,12-13H,8,16H2,1-6H3. The van der Waals surface area contributed by atoms with E-state index in [9.17, 15) is 0 Å². The molecule has 2 atom stereocenters. The van der Waals surface area contributed by atoms with Crippen LogP contribution < -0.4 is 10.6 Å². The van der Waals surface area contributed by atoms with Gasteiger partial charge in [-0.05, 0) is 44.2 Å². The number of pyridine rings is 1. The zero-order valence-corrected chi connectivity index (χ0v) is 12.6. The Morgan fingerprint density at radius 2 is 1.89 bits per heavy atom. The summed E-state index contributed by atoms with van der Waals surface area (Å²) in [5.74, 6) is 1.68. The largest absolute Gasteiger partial charge is 0.357 e. The first kappa shape index (κ1) is 15.0. The smallest absolute Gasteiger partial charge is 0.131 e. The number of aryl methyl sites for hydroxylation is 1. The number of nitrogens with two attached hydrogens (primary N) is 1. The Morgan fingerprint density at radius 3 is 2.33 bits per heavy atom. The van der Waals surface area contributed by atoms with Gasteiger partial charge in [0.25, 0.3) is 0 Å². The van der Waals surface area contributed by atoms with Gasteiger partial charge in [0, 0.05) is 25.3 Å². The number of nitrogens with zero attached hydrogens (tertiary/aromatic N) is 2. The molecule has 1 aromatic heterocycles. The molecule has 1 heterocycles.